The summed E-state index contributed by atoms with van der Waals surface area (Å²) in [5.74, 6) is -0.430. The summed E-state index contributed by atoms with van der Waals surface area (Å²) in [6.07, 6.45) is 3.38. The van der Waals surface area contributed by atoms with Crippen molar-refractivity contribution in [2.75, 3.05) is 19.8 Å². The second-order valence-corrected chi connectivity index (χ2v) is 7.83. The molecule has 7 heteroatoms. The summed E-state index contributed by atoms with van der Waals surface area (Å²) in [5.41, 5.74) is 1.85. The number of aromatic nitrogens is 1. The van der Waals surface area contributed by atoms with Gasteiger partial charge in [-0.25, -0.2) is 4.39 Å². The standard InChI is InChI=1S/C20H17FINO3S/c1-2-25-7-8-26-12-19(24)15-5-6-20-17(11-23-27-20)16(15)9-13-3-4-14(22)10-18(13)21/h2-6,10-11H,1,7-9,12H2. The third-order valence-electron chi connectivity index (χ3n) is 4.03. The number of carbonyl (C=O) groups is 1. The fraction of sp³-hybridized carbons (Fsp3) is 0.200. The van der Waals surface area contributed by atoms with Gasteiger partial charge in [0.15, 0.2) is 5.78 Å². The van der Waals surface area contributed by atoms with E-state index < -0.39 is 0 Å². The van der Waals surface area contributed by atoms with E-state index in [1.807, 2.05) is 12.1 Å². The van der Waals surface area contributed by atoms with Crippen molar-refractivity contribution >= 4 is 50.0 Å². The van der Waals surface area contributed by atoms with Gasteiger partial charge >= 0.3 is 0 Å². The molecule has 140 valence electrons. The van der Waals surface area contributed by atoms with Crippen molar-refractivity contribution in [1.29, 1.82) is 0 Å². The third-order valence-corrected chi connectivity index (χ3v) is 5.46. The molecule has 3 rings (SSSR count). The molecule has 0 atom stereocenters. The highest BCUT2D eigenvalue weighted by Crippen LogP contribution is 2.29. The van der Waals surface area contributed by atoms with Gasteiger partial charge in [-0.2, -0.15) is 4.37 Å². The molecule has 0 spiro atoms. The third kappa shape index (κ3) is 4.91. The number of carbonyl (C=O) groups excluding carboxylic acids is 1. The van der Waals surface area contributed by atoms with Crippen molar-refractivity contribution in [3.8, 4) is 0 Å². The molecule has 3 aromatic rings. The van der Waals surface area contributed by atoms with Crippen LogP contribution in [0.3, 0.4) is 0 Å². The summed E-state index contributed by atoms with van der Waals surface area (Å²) in [6, 6.07) is 8.75. The molecule has 0 saturated heterocycles. The van der Waals surface area contributed by atoms with Crippen molar-refractivity contribution in [2.45, 2.75) is 6.42 Å². The van der Waals surface area contributed by atoms with Gasteiger partial charge in [-0.3, -0.25) is 4.79 Å². The van der Waals surface area contributed by atoms with Gasteiger partial charge in [-0.05, 0) is 69.5 Å². The van der Waals surface area contributed by atoms with Crippen LogP contribution in [0.4, 0.5) is 4.39 Å². The predicted molar refractivity (Wildman–Crippen MR) is 113 cm³/mol. The number of fused-ring (bicyclic) bond motifs is 1. The largest absolute Gasteiger partial charge is 0.499 e. The molecule has 4 nitrogen and oxygen atoms in total. The van der Waals surface area contributed by atoms with E-state index in [0.29, 0.717) is 30.8 Å². The Morgan fingerprint density at radius 2 is 2.15 bits per heavy atom. The number of hydrogen-bond acceptors (Lipinski definition) is 5. The fourth-order valence-corrected chi connectivity index (χ4v) is 3.87. The van der Waals surface area contributed by atoms with Crippen molar-refractivity contribution in [3.63, 3.8) is 0 Å². The normalized spacial score (nSPS) is 10.9. The first kappa shape index (κ1) is 19.9. The minimum absolute atomic E-state index is 0.0637. The lowest BCUT2D eigenvalue weighted by Crippen LogP contribution is -2.14. The van der Waals surface area contributed by atoms with Gasteiger partial charge in [0.1, 0.15) is 19.0 Å². The van der Waals surface area contributed by atoms with Crippen LogP contribution in [-0.4, -0.2) is 30.0 Å². The molecule has 0 aliphatic heterocycles. The van der Waals surface area contributed by atoms with Crippen molar-refractivity contribution in [3.05, 3.63) is 75.4 Å². The van der Waals surface area contributed by atoms with E-state index in [4.69, 9.17) is 9.47 Å². The number of ketones is 1. The van der Waals surface area contributed by atoms with Crippen molar-refractivity contribution in [1.82, 2.24) is 4.37 Å². The molecule has 27 heavy (non-hydrogen) atoms. The van der Waals surface area contributed by atoms with Crippen molar-refractivity contribution < 1.29 is 18.7 Å². The SMILES string of the molecule is C=COCCOCC(=O)c1ccc2sncc2c1Cc1ccc(I)cc1F. The summed E-state index contributed by atoms with van der Waals surface area (Å²) in [5, 5.41) is 0.874. The quantitative estimate of drug-likeness (QED) is 0.181. The van der Waals surface area contributed by atoms with Crippen LogP contribution in [0.1, 0.15) is 21.5 Å². The molecule has 0 bridgehead atoms. The molecule has 0 unspecified atom stereocenters. The Balaban J connectivity index is 1.87. The van der Waals surface area contributed by atoms with E-state index in [-0.39, 0.29) is 18.2 Å². The van der Waals surface area contributed by atoms with Crippen molar-refractivity contribution in [2.24, 2.45) is 0 Å². The number of hydrogen-bond donors (Lipinski definition) is 0. The van der Waals surface area contributed by atoms with Gasteiger partial charge < -0.3 is 9.47 Å². The first-order valence-corrected chi connectivity index (χ1v) is 10.1. The Morgan fingerprint density at radius 1 is 1.30 bits per heavy atom. The molecule has 2 aromatic carbocycles. The summed E-state index contributed by atoms with van der Waals surface area (Å²) in [7, 11) is 0. The number of halogens is 2. The first-order valence-electron chi connectivity index (χ1n) is 8.24. The van der Waals surface area contributed by atoms with E-state index in [1.54, 1.807) is 18.3 Å². The maximum atomic E-state index is 14.4. The van der Waals surface area contributed by atoms with Gasteiger partial charge in [0.05, 0.1) is 17.6 Å². The molecule has 0 N–H and O–H groups in total. The zero-order chi connectivity index (χ0) is 19.2. The zero-order valence-electron chi connectivity index (χ0n) is 14.4. The number of benzene rings is 2. The van der Waals surface area contributed by atoms with Gasteiger partial charge in [0.25, 0.3) is 0 Å². The highest BCUT2D eigenvalue weighted by atomic mass is 127. The Labute approximate surface area is 174 Å². The molecule has 0 aliphatic carbocycles. The van der Waals surface area contributed by atoms with Crippen LogP contribution in [0, 0.1) is 9.39 Å². The fourth-order valence-electron chi connectivity index (χ4n) is 2.74. The van der Waals surface area contributed by atoms with Crippen LogP contribution in [0.2, 0.25) is 0 Å². The molecule has 0 fully saturated rings. The van der Waals surface area contributed by atoms with Gasteiger partial charge in [0, 0.05) is 27.1 Å². The zero-order valence-corrected chi connectivity index (χ0v) is 17.4. The number of rotatable bonds is 9. The van der Waals surface area contributed by atoms with E-state index in [9.17, 15) is 9.18 Å². The van der Waals surface area contributed by atoms with E-state index in [2.05, 4.69) is 33.5 Å². The van der Waals surface area contributed by atoms with E-state index in [0.717, 1.165) is 19.2 Å². The smallest absolute Gasteiger partial charge is 0.188 e. The molecule has 1 aromatic heterocycles. The predicted octanol–water partition coefficient (Wildman–Crippen LogP) is 4.99. The Kier molecular flexibility index (Phi) is 6.92. The van der Waals surface area contributed by atoms with E-state index in [1.165, 1.54) is 23.9 Å². The second-order valence-electron chi connectivity index (χ2n) is 5.76. The summed E-state index contributed by atoms with van der Waals surface area (Å²) in [6.45, 7) is 4.02. The number of ether oxygens (including phenoxy) is 2. The average Bonchev–Trinajstić information content (AvgIpc) is 3.13. The minimum Gasteiger partial charge on any atom is -0.499 e. The Bertz CT molecular complexity index is 973. The monoisotopic (exact) mass is 497 g/mol. The number of nitrogens with zero attached hydrogens (tertiary/aromatic N) is 1. The van der Waals surface area contributed by atoms with Crippen LogP contribution in [0.25, 0.3) is 10.1 Å². The highest BCUT2D eigenvalue weighted by Gasteiger charge is 2.17. The second kappa shape index (κ2) is 9.38. The van der Waals surface area contributed by atoms with Crippen LogP contribution in [0.5, 0.6) is 0 Å². The summed E-state index contributed by atoms with van der Waals surface area (Å²) in [4.78, 5) is 12.7. The first-order chi connectivity index (χ1) is 13.1. The molecular weight excluding hydrogens is 480 g/mol. The minimum atomic E-state index is -0.279. The maximum Gasteiger partial charge on any atom is 0.188 e. The average molecular weight is 497 g/mol. The van der Waals surface area contributed by atoms with Gasteiger partial charge in [0.2, 0.25) is 0 Å². The lowest BCUT2D eigenvalue weighted by molar-refractivity contribution is 0.0638. The lowest BCUT2D eigenvalue weighted by Gasteiger charge is -2.12. The molecule has 0 aliphatic rings. The Hall–Kier alpha value is -1.84. The molecule has 1 heterocycles. The maximum absolute atomic E-state index is 14.4. The molecular formula is C20H17FINO3S. The van der Waals surface area contributed by atoms with Crippen LogP contribution in [0.15, 0.2) is 49.4 Å². The van der Waals surface area contributed by atoms with Crippen LogP contribution >= 0.6 is 34.1 Å². The summed E-state index contributed by atoms with van der Waals surface area (Å²) < 4.78 is 30.7. The number of Topliss-reactive ketones (excluding diaryl/α,β-unsaturated/α-hetero) is 1. The summed E-state index contributed by atoms with van der Waals surface area (Å²) >= 11 is 3.43. The lowest BCUT2D eigenvalue weighted by atomic mass is 9.94. The van der Waals surface area contributed by atoms with Gasteiger partial charge in [-0.1, -0.05) is 12.6 Å². The molecule has 0 radical (unpaired) electrons. The van der Waals surface area contributed by atoms with Crippen LogP contribution < -0.4 is 0 Å². The van der Waals surface area contributed by atoms with Gasteiger partial charge in [-0.15, -0.1) is 0 Å². The molecule has 0 amide bonds. The van der Waals surface area contributed by atoms with Crippen LogP contribution in [-0.2, 0) is 15.9 Å². The highest BCUT2D eigenvalue weighted by molar-refractivity contribution is 14.1. The van der Waals surface area contributed by atoms with E-state index >= 15 is 0 Å². The Morgan fingerprint density at radius 3 is 2.93 bits per heavy atom. The topological polar surface area (TPSA) is 48.4 Å². The molecule has 0 saturated carbocycles.